The molecular formula is C30H38N6O5. The number of benzene rings is 2. The fourth-order valence-electron chi connectivity index (χ4n) is 4.47. The van der Waals surface area contributed by atoms with Crippen molar-refractivity contribution in [2.24, 2.45) is 5.73 Å². The van der Waals surface area contributed by atoms with Gasteiger partial charge in [0.25, 0.3) is 5.91 Å². The van der Waals surface area contributed by atoms with Gasteiger partial charge in [-0.2, -0.15) is 5.10 Å². The molecule has 3 amide bonds. The van der Waals surface area contributed by atoms with E-state index in [0.717, 1.165) is 24.0 Å². The highest BCUT2D eigenvalue weighted by Crippen LogP contribution is 2.26. The van der Waals surface area contributed by atoms with E-state index in [4.69, 9.17) is 15.2 Å². The molecule has 1 aliphatic heterocycles. The Hall–Kier alpha value is -4.22. The first-order valence-corrected chi connectivity index (χ1v) is 13.6. The number of nitrogens with one attached hydrogen (secondary N) is 2. The predicted molar refractivity (Wildman–Crippen MR) is 154 cm³/mol. The Morgan fingerprint density at radius 3 is 2.37 bits per heavy atom. The molecule has 0 saturated carbocycles. The number of likely N-dealkylation sites (tertiary alicyclic amines) is 1. The summed E-state index contributed by atoms with van der Waals surface area (Å²) in [6.07, 6.45) is 5.00. The average Bonchev–Trinajstić information content (AvgIpc) is 3.66. The number of nitrogens with two attached hydrogens (primary N) is 1. The Labute approximate surface area is 240 Å². The summed E-state index contributed by atoms with van der Waals surface area (Å²) in [7, 11) is 1.58. The van der Waals surface area contributed by atoms with Crippen molar-refractivity contribution in [2.45, 2.75) is 50.9 Å². The van der Waals surface area contributed by atoms with Gasteiger partial charge in [-0.25, -0.2) is 0 Å². The molecule has 1 unspecified atom stereocenters. The minimum absolute atomic E-state index is 0.0708. The molecule has 0 radical (unpaired) electrons. The average molecular weight is 563 g/mol. The number of carbonyl (C=O) groups is 3. The van der Waals surface area contributed by atoms with Gasteiger partial charge in [-0.05, 0) is 49.9 Å². The van der Waals surface area contributed by atoms with Gasteiger partial charge in [0.05, 0.1) is 37.7 Å². The van der Waals surface area contributed by atoms with Crippen molar-refractivity contribution in [3.05, 3.63) is 78.1 Å². The molecule has 2 atom stereocenters. The van der Waals surface area contributed by atoms with E-state index in [1.807, 2.05) is 47.4 Å². The van der Waals surface area contributed by atoms with E-state index in [1.54, 1.807) is 44.0 Å². The van der Waals surface area contributed by atoms with E-state index in [-0.39, 0.29) is 19.1 Å². The first-order valence-electron chi connectivity index (χ1n) is 13.6. The molecule has 11 heteroatoms. The smallest absolute Gasteiger partial charge is 0.252 e. The van der Waals surface area contributed by atoms with Crippen LogP contribution in [0, 0.1) is 0 Å². The summed E-state index contributed by atoms with van der Waals surface area (Å²) in [5.41, 5.74) is 6.81. The van der Waals surface area contributed by atoms with Crippen LogP contribution in [0.1, 0.15) is 43.9 Å². The molecule has 1 aliphatic rings. The molecule has 4 N–H and O–H groups in total. The van der Waals surface area contributed by atoms with Crippen LogP contribution in [0.3, 0.4) is 0 Å². The second-order valence-corrected chi connectivity index (χ2v) is 10.7. The zero-order chi connectivity index (χ0) is 29.4. The van der Waals surface area contributed by atoms with Gasteiger partial charge in [0.2, 0.25) is 11.8 Å². The van der Waals surface area contributed by atoms with Gasteiger partial charge in [0.15, 0.2) is 6.04 Å². The van der Waals surface area contributed by atoms with Crippen LogP contribution in [-0.4, -0.2) is 70.8 Å². The minimum atomic E-state index is -1.19. The Kier molecular flexibility index (Phi) is 9.74. The van der Waals surface area contributed by atoms with E-state index in [2.05, 4.69) is 15.7 Å². The summed E-state index contributed by atoms with van der Waals surface area (Å²) >= 11 is 0. The van der Waals surface area contributed by atoms with Crippen molar-refractivity contribution in [3.63, 3.8) is 0 Å². The molecule has 41 heavy (non-hydrogen) atoms. The van der Waals surface area contributed by atoms with Gasteiger partial charge in [0.1, 0.15) is 11.8 Å². The van der Waals surface area contributed by atoms with Crippen molar-refractivity contribution in [1.29, 1.82) is 0 Å². The number of aromatic nitrogens is 2. The molecule has 1 fully saturated rings. The Morgan fingerprint density at radius 1 is 1.05 bits per heavy atom. The van der Waals surface area contributed by atoms with Crippen LogP contribution in [0.4, 0.5) is 5.69 Å². The normalized spacial score (nSPS) is 14.8. The minimum Gasteiger partial charge on any atom is -0.497 e. The lowest BCUT2D eigenvalue weighted by Gasteiger charge is -2.24. The maximum Gasteiger partial charge on any atom is 0.252 e. The lowest BCUT2D eigenvalue weighted by atomic mass is 10.1. The molecule has 218 valence electrons. The van der Waals surface area contributed by atoms with E-state index in [1.165, 1.54) is 6.20 Å². The molecule has 11 nitrogen and oxygen atoms in total. The van der Waals surface area contributed by atoms with Gasteiger partial charge in [-0.15, -0.1) is 0 Å². The molecule has 2 heterocycles. The maximum atomic E-state index is 13.6. The van der Waals surface area contributed by atoms with Crippen molar-refractivity contribution in [2.75, 3.05) is 32.1 Å². The molecule has 0 aliphatic carbocycles. The SMILES string of the molecule is COc1ccc(C(C(=O)N2CCCC2)n2cc(NC(=O)[C@@H](COCc3ccccc3)NC(=O)C(C)(C)N)cn2)cc1. The van der Waals surface area contributed by atoms with Crippen molar-refractivity contribution in [1.82, 2.24) is 20.0 Å². The highest BCUT2D eigenvalue weighted by atomic mass is 16.5. The van der Waals surface area contributed by atoms with Crippen LogP contribution in [0.25, 0.3) is 0 Å². The van der Waals surface area contributed by atoms with E-state index < -0.39 is 29.4 Å². The zero-order valence-corrected chi connectivity index (χ0v) is 23.7. The molecule has 3 aromatic rings. The largest absolute Gasteiger partial charge is 0.497 e. The fraction of sp³-hybridized carbons (Fsp3) is 0.400. The quantitative estimate of drug-likeness (QED) is 0.308. The zero-order valence-electron chi connectivity index (χ0n) is 23.7. The molecular weight excluding hydrogens is 524 g/mol. The fourth-order valence-corrected chi connectivity index (χ4v) is 4.47. The monoisotopic (exact) mass is 562 g/mol. The van der Waals surface area contributed by atoms with Gasteiger partial charge >= 0.3 is 0 Å². The summed E-state index contributed by atoms with van der Waals surface area (Å²) in [4.78, 5) is 41.3. The summed E-state index contributed by atoms with van der Waals surface area (Å²) in [5, 5.41) is 9.91. The number of hydrogen-bond donors (Lipinski definition) is 3. The number of nitrogens with zero attached hydrogens (tertiary/aromatic N) is 3. The summed E-state index contributed by atoms with van der Waals surface area (Å²) < 4.78 is 12.6. The first-order chi connectivity index (χ1) is 19.7. The van der Waals surface area contributed by atoms with Crippen molar-refractivity contribution < 1.29 is 23.9 Å². The lowest BCUT2D eigenvalue weighted by molar-refractivity contribution is -0.132. The van der Waals surface area contributed by atoms with Crippen LogP contribution in [-0.2, 0) is 25.7 Å². The molecule has 1 aromatic heterocycles. The summed E-state index contributed by atoms with van der Waals surface area (Å²) in [6.45, 7) is 4.70. The molecule has 0 bridgehead atoms. The maximum absolute atomic E-state index is 13.6. The Bertz CT molecular complexity index is 1310. The highest BCUT2D eigenvalue weighted by Gasteiger charge is 2.31. The Balaban J connectivity index is 1.51. The van der Waals surface area contributed by atoms with Crippen LogP contribution < -0.4 is 21.1 Å². The molecule has 1 saturated heterocycles. The van der Waals surface area contributed by atoms with E-state index in [9.17, 15) is 14.4 Å². The highest BCUT2D eigenvalue weighted by molar-refractivity contribution is 5.98. The summed E-state index contributed by atoms with van der Waals surface area (Å²) in [5.74, 6) is -0.384. The van der Waals surface area contributed by atoms with Crippen LogP contribution >= 0.6 is 0 Å². The predicted octanol–water partition coefficient (Wildman–Crippen LogP) is 2.48. The second kappa shape index (κ2) is 13.4. The van der Waals surface area contributed by atoms with Gasteiger partial charge < -0.3 is 30.7 Å². The number of carbonyl (C=O) groups excluding carboxylic acids is 3. The number of rotatable bonds is 12. The third-order valence-corrected chi connectivity index (χ3v) is 6.82. The molecule has 4 rings (SSSR count). The number of amides is 3. The Morgan fingerprint density at radius 2 is 1.73 bits per heavy atom. The van der Waals surface area contributed by atoms with Gasteiger partial charge in [-0.1, -0.05) is 42.5 Å². The van der Waals surface area contributed by atoms with Crippen molar-refractivity contribution in [3.8, 4) is 5.75 Å². The third-order valence-electron chi connectivity index (χ3n) is 6.82. The van der Waals surface area contributed by atoms with Crippen LogP contribution in [0.15, 0.2) is 67.0 Å². The number of ether oxygens (including phenoxy) is 2. The second-order valence-electron chi connectivity index (χ2n) is 10.7. The van der Waals surface area contributed by atoms with Crippen molar-refractivity contribution >= 4 is 23.4 Å². The third kappa shape index (κ3) is 7.92. The van der Waals surface area contributed by atoms with E-state index in [0.29, 0.717) is 24.5 Å². The number of methoxy groups -OCH3 is 1. The van der Waals surface area contributed by atoms with Crippen LogP contribution in [0.5, 0.6) is 5.75 Å². The summed E-state index contributed by atoms with van der Waals surface area (Å²) in [6, 6.07) is 15.1. The first kappa shape index (κ1) is 29.8. The van der Waals surface area contributed by atoms with Crippen LogP contribution in [0.2, 0.25) is 0 Å². The molecule has 2 aromatic carbocycles. The molecule has 0 spiro atoms. The lowest BCUT2D eigenvalue weighted by Crippen LogP contribution is -2.56. The number of anilines is 1. The number of hydrogen-bond acceptors (Lipinski definition) is 7. The standard InChI is InChI=1S/C30H38N6O5/c1-30(2,31)29(39)34-25(20-41-19-21-9-5-4-6-10-21)27(37)33-23-17-32-36(18-23)26(28(38)35-15-7-8-16-35)22-11-13-24(40-3)14-12-22/h4-6,9-14,17-18,25-26H,7-8,15-16,19-20,31H2,1-3H3,(H,33,37)(H,34,39)/t25-,26?/m1/s1. The van der Waals surface area contributed by atoms with E-state index >= 15 is 0 Å². The topological polar surface area (TPSA) is 141 Å². The van der Waals surface area contributed by atoms with Gasteiger partial charge in [0, 0.05) is 19.3 Å². The van der Waals surface area contributed by atoms with Gasteiger partial charge in [-0.3, -0.25) is 19.1 Å².